The van der Waals surface area contributed by atoms with E-state index in [1.165, 1.54) is 0 Å². The van der Waals surface area contributed by atoms with E-state index in [2.05, 4.69) is 20.9 Å². The fraction of sp³-hybridized carbons (Fsp3) is 0.267. The van der Waals surface area contributed by atoms with Gasteiger partial charge in [-0.05, 0) is 57.7 Å². The van der Waals surface area contributed by atoms with Crippen LogP contribution in [0.25, 0.3) is 0 Å². The van der Waals surface area contributed by atoms with Gasteiger partial charge in [0.1, 0.15) is 0 Å². The van der Waals surface area contributed by atoms with Crippen molar-refractivity contribution in [3.8, 4) is 11.5 Å². The normalized spacial score (nSPS) is 12.1. The molecule has 0 radical (unpaired) electrons. The second kappa shape index (κ2) is 6.24. The van der Waals surface area contributed by atoms with Crippen LogP contribution in [0, 0.1) is 6.92 Å². The largest absolute Gasteiger partial charge is 0.493 e. The van der Waals surface area contributed by atoms with Crippen LogP contribution in [0.3, 0.4) is 0 Å². The van der Waals surface area contributed by atoms with E-state index < -0.39 is 0 Å². The molecule has 1 atom stereocenters. The first-order valence-corrected chi connectivity index (χ1v) is 6.94. The molecule has 0 saturated carbocycles. The average molecular weight is 337 g/mol. The van der Waals surface area contributed by atoms with Crippen LogP contribution in [0.1, 0.15) is 22.7 Å². The Bertz CT molecular complexity index is 617. The van der Waals surface area contributed by atoms with Crippen LogP contribution < -0.4 is 15.2 Å². The van der Waals surface area contributed by atoms with Crippen LogP contribution in [-0.4, -0.2) is 19.2 Å². The smallest absolute Gasteiger partial charge is 0.161 e. The molecule has 106 valence electrons. The van der Waals surface area contributed by atoms with Crippen molar-refractivity contribution in [2.24, 2.45) is 5.73 Å². The molecular weight excluding hydrogens is 320 g/mol. The van der Waals surface area contributed by atoms with Gasteiger partial charge in [-0.15, -0.1) is 0 Å². The van der Waals surface area contributed by atoms with Crippen LogP contribution in [0.2, 0.25) is 0 Å². The minimum atomic E-state index is -0.264. The molecule has 0 aliphatic rings. The highest BCUT2D eigenvalue weighted by Gasteiger charge is 2.16. The van der Waals surface area contributed by atoms with Gasteiger partial charge in [-0.2, -0.15) is 0 Å². The van der Waals surface area contributed by atoms with Gasteiger partial charge in [0.2, 0.25) is 0 Å². The van der Waals surface area contributed by atoms with Crippen molar-refractivity contribution in [2.45, 2.75) is 13.0 Å². The van der Waals surface area contributed by atoms with Crippen molar-refractivity contribution >= 4 is 15.9 Å². The van der Waals surface area contributed by atoms with Crippen molar-refractivity contribution in [1.82, 2.24) is 4.98 Å². The Morgan fingerprint density at radius 1 is 1.10 bits per heavy atom. The summed E-state index contributed by atoms with van der Waals surface area (Å²) in [6.07, 6.45) is 3.50. The minimum Gasteiger partial charge on any atom is -0.493 e. The summed E-state index contributed by atoms with van der Waals surface area (Å²) in [5.41, 5.74) is 9.32. The highest BCUT2D eigenvalue weighted by Crippen LogP contribution is 2.34. The van der Waals surface area contributed by atoms with Crippen molar-refractivity contribution < 1.29 is 9.47 Å². The minimum absolute atomic E-state index is 0.264. The third kappa shape index (κ3) is 2.94. The van der Waals surface area contributed by atoms with Crippen LogP contribution in [0.15, 0.2) is 35.1 Å². The first-order valence-electron chi connectivity index (χ1n) is 6.15. The summed E-state index contributed by atoms with van der Waals surface area (Å²) in [4.78, 5) is 4.15. The van der Waals surface area contributed by atoms with Crippen LogP contribution in [0.5, 0.6) is 11.5 Å². The number of nitrogens with two attached hydrogens (primary N) is 1. The number of rotatable bonds is 4. The molecule has 4 nitrogen and oxygen atoms in total. The van der Waals surface area contributed by atoms with E-state index in [1.807, 2.05) is 25.1 Å². The summed E-state index contributed by atoms with van der Waals surface area (Å²) in [7, 11) is 3.23. The number of pyridine rings is 1. The molecule has 2 rings (SSSR count). The molecule has 1 aromatic carbocycles. The van der Waals surface area contributed by atoms with E-state index in [4.69, 9.17) is 15.2 Å². The highest BCUT2D eigenvalue weighted by molar-refractivity contribution is 9.10. The Morgan fingerprint density at radius 2 is 1.75 bits per heavy atom. The molecule has 0 fully saturated rings. The summed E-state index contributed by atoms with van der Waals surface area (Å²) in [5, 5.41) is 0. The second-order valence-corrected chi connectivity index (χ2v) is 5.39. The zero-order valence-electron chi connectivity index (χ0n) is 11.7. The zero-order valence-corrected chi connectivity index (χ0v) is 13.3. The maximum absolute atomic E-state index is 6.34. The Morgan fingerprint density at radius 3 is 2.35 bits per heavy atom. The third-order valence-electron chi connectivity index (χ3n) is 3.19. The number of nitrogens with zero attached hydrogens (tertiary/aromatic N) is 1. The Kier molecular flexibility index (Phi) is 4.62. The predicted octanol–water partition coefficient (Wildman–Crippen LogP) is 3.22. The van der Waals surface area contributed by atoms with E-state index >= 15 is 0 Å². The van der Waals surface area contributed by atoms with Gasteiger partial charge in [-0.3, -0.25) is 4.98 Å². The van der Waals surface area contributed by atoms with Crippen molar-refractivity contribution in [3.05, 3.63) is 51.8 Å². The predicted molar refractivity (Wildman–Crippen MR) is 82.3 cm³/mol. The van der Waals surface area contributed by atoms with Gasteiger partial charge in [0, 0.05) is 16.9 Å². The standard InChI is InChI=1S/C15H17BrN2O2/c1-9-4-13(19-2)14(20-3)6-12(9)15(17)10-5-11(16)8-18-7-10/h4-8,15H,17H2,1-3H3. The van der Waals surface area contributed by atoms with Gasteiger partial charge in [0.15, 0.2) is 11.5 Å². The lowest BCUT2D eigenvalue weighted by molar-refractivity contribution is 0.354. The lowest BCUT2D eigenvalue weighted by Crippen LogP contribution is -2.14. The van der Waals surface area contributed by atoms with Gasteiger partial charge in [-0.25, -0.2) is 0 Å². The lowest BCUT2D eigenvalue weighted by atomic mass is 9.96. The van der Waals surface area contributed by atoms with Gasteiger partial charge in [0.05, 0.1) is 20.3 Å². The molecule has 1 aromatic heterocycles. The molecule has 0 aliphatic carbocycles. The number of ether oxygens (including phenoxy) is 2. The SMILES string of the molecule is COc1cc(C)c(C(N)c2cncc(Br)c2)cc1OC. The highest BCUT2D eigenvalue weighted by atomic mass is 79.9. The molecular formula is C15H17BrN2O2. The number of aromatic nitrogens is 1. The van der Waals surface area contributed by atoms with E-state index in [1.54, 1.807) is 26.6 Å². The van der Waals surface area contributed by atoms with E-state index in [0.29, 0.717) is 11.5 Å². The Hall–Kier alpha value is -1.59. The first-order chi connectivity index (χ1) is 9.56. The van der Waals surface area contributed by atoms with Crippen LogP contribution in [0.4, 0.5) is 0 Å². The Balaban J connectivity index is 2.46. The molecule has 0 spiro atoms. The molecule has 0 aliphatic heterocycles. The van der Waals surface area contributed by atoms with E-state index in [-0.39, 0.29) is 6.04 Å². The molecule has 1 heterocycles. The number of hydrogen-bond donors (Lipinski definition) is 1. The number of hydrogen-bond acceptors (Lipinski definition) is 4. The zero-order chi connectivity index (χ0) is 14.7. The quantitative estimate of drug-likeness (QED) is 0.931. The number of methoxy groups -OCH3 is 2. The topological polar surface area (TPSA) is 57.4 Å². The molecule has 0 amide bonds. The number of benzene rings is 1. The second-order valence-electron chi connectivity index (χ2n) is 4.48. The van der Waals surface area contributed by atoms with Gasteiger partial charge in [-0.1, -0.05) is 0 Å². The van der Waals surface area contributed by atoms with Gasteiger partial charge < -0.3 is 15.2 Å². The maximum atomic E-state index is 6.34. The van der Waals surface area contributed by atoms with Gasteiger partial charge >= 0.3 is 0 Å². The summed E-state index contributed by atoms with van der Waals surface area (Å²) < 4.78 is 11.5. The number of halogens is 1. The van der Waals surface area contributed by atoms with Crippen molar-refractivity contribution in [2.75, 3.05) is 14.2 Å². The first kappa shape index (κ1) is 14.8. The summed E-state index contributed by atoms with van der Waals surface area (Å²) in [6, 6.07) is 5.55. The fourth-order valence-electron chi connectivity index (χ4n) is 2.11. The molecule has 0 saturated heterocycles. The third-order valence-corrected chi connectivity index (χ3v) is 3.63. The molecule has 1 unspecified atom stereocenters. The van der Waals surface area contributed by atoms with Crippen molar-refractivity contribution in [1.29, 1.82) is 0 Å². The van der Waals surface area contributed by atoms with Crippen LogP contribution >= 0.6 is 15.9 Å². The van der Waals surface area contributed by atoms with Crippen LogP contribution in [-0.2, 0) is 0 Å². The average Bonchev–Trinajstić information content (AvgIpc) is 2.46. The fourth-order valence-corrected chi connectivity index (χ4v) is 2.49. The number of aryl methyl sites for hydroxylation is 1. The molecule has 20 heavy (non-hydrogen) atoms. The van der Waals surface area contributed by atoms with Crippen molar-refractivity contribution in [3.63, 3.8) is 0 Å². The van der Waals surface area contributed by atoms with Gasteiger partial charge in [0.25, 0.3) is 0 Å². The maximum Gasteiger partial charge on any atom is 0.161 e. The van der Waals surface area contributed by atoms with E-state index in [9.17, 15) is 0 Å². The monoisotopic (exact) mass is 336 g/mol. The summed E-state index contributed by atoms with van der Waals surface area (Å²) >= 11 is 3.41. The molecule has 2 N–H and O–H groups in total. The Labute approximate surface area is 127 Å². The lowest BCUT2D eigenvalue weighted by Gasteiger charge is -2.18. The van der Waals surface area contributed by atoms with E-state index in [0.717, 1.165) is 21.2 Å². The molecule has 5 heteroatoms. The molecule has 0 bridgehead atoms. The molecule has 2 aromatic rings. The summed E-state index contributed by atoms with van der Waals surface area (Å²) in [6.45, 7) is 2.00. The summed E-state index contributed by atoms with van der Waals surface area (Å²) in [5.74, 6) is 1.37.